The predicted molar refractivity (Wildman–Crippen MR) is 102 cm³/mol. The number of nitrogens with one attached hydrogen (secondary N) is 1. The second-order valence-electron chi connectivity index (χ2n) is 6.93. The van der Waals surface area contributed by atoms with Crippen LogP contribution in [0, 0.1) is 6.92 Å². The molecule has 1 atom stereocenters. The summed E-state index contributed by atoms with van der Waals surface area (Å²) in [7, 11) is -1.74. The first-order valence-electron chi connectivity index (χ1n) is 8.71. The van der Waals surface area contributed by atoms with Crippen molar-refractivity contribution in [2.24, 2.45) is 0 Å². The lowest BCUT2D eigenvalue weighted by Crippen LogP contribution is -2.33. The maximum absolute atomic E-state index is 13.4. The molecule has 1 unspecified atom stereocenters. The van der Waals surface area contributed by atoms with Crippen molar-refractivity contribution in [3.05, 3.63) is 41.5 Å². The monoisotopic (exact) mass is 399 g/mol. The summed E-state index contributed by atoms with van der Waals surface area (Å²) < 4.78 is 31.2. The minimum atomic E-state index is -3.60. The molecule has 1 N–H and O–H groups in total. The summed E-state index contributed by atoms with van der Waals surface area (Å²) in [6.07, 6.45) is 3.32. The molecule has 2 aromatic rings. The van der Waals surface area contributed by atoms with Gasteiger partial charge in [0.2, 0.25) is 5.89 Å². The fraction of sp³-hybridized carbons (Fsp3) is 0.556. The number of rotatable bonds is 6. The lowest BCUT2D eigenvalue weighted by atomic mass is 10.1. The van der Waals surface area contributed by atoms with Crippen molar-refractivity contribution in [3.8, 4) is 0 Å². The maximum atomic E-state index is 13.4. The highest BCUT2D eigenvalue weighted by Crippen LogP contribution is 2.47. The fourth-order valence-electron chi connectivity index (χ4n) is 3.38. The van der Waals surface area contributed by atoms with E-state index in [2.05, 4.69) is 15.5 Å². The molecule has 0 radical (unpaired) electrons. The van der Waals surface area contributed by atoms with E-state index in [9.17, 15) is 8.42 Å². The molecule has 1 aliphatic rings. The summed E-state index contributed by atoms with van der Waals surface area (Å²) in [4.78, 5) is 4.79. The number of sulfone groups is 1. The Balaban J connectivity index is 0.00000243. The Bertz CT molecular complexity index is 828. The summed E-state index contributed by atoms with van der Waals surface area (Å²) >= 11 is 0. The predicted octanol–water partition coefficient (Wildman–Crippen LogP) is 3.19. The third-order valence-electron chi connectivity index (χ3n) is 5.10. The van der Waals surface area contributed by atoms with Crippen molar-refractivity contribution in [2.45, 2.75) is 61.6 Å². The van der Waals surface area contributed by atoms with Crippen molar-refractivity contribution in [1.82, 2.24) is 15.5 Å². The van der Waals surface area contributed by atoms with Gasteiger partial charge in [0.1, 0.15) is 0 Å². The van der Waals surface area contributed by atoms with E-state index in [1.807, 2.05) is 33.0 Å². The van der Waals surface area contributed by atoms with Gasteiger partial charge in [-0.2, -0.15) is 4.98 Å². The van der Waals surface area contributed by atoms with E-state index in [0.29, 0.717) is 30.0 Å². The Morgan fingerprint density at radius 3 is 2.42 bits per heavy atom. The van der Waals surface area contributed by atoms with Crippen LogP contribution in [0.3, 0.4) is 0 Å². The van der Waals surface area contributed by atoms with E-state index in [0.717, 1.165) is 18.4 Å². The highest BCUT2D eigenvalue weighted by Gasteiger charge is 2.52. The van der Waals surface area contributed by atoms with E-state index >= 15 is 0 Å². The smallest absolute Gasteiger partial charge is 0.248 e. The van der Waals surface area contributed by atoms with Gasteiger partial charge in [-0.3, -0.25) is 0 Å². The third kappa shape index (κ3) is 3.66. The average molecular weight is 400 g/mol. The zero-order valence-electron chi connectivity index (χ0n) is 15.4. The van der Waals surface area contributed by atoms with Crippen LogP contribution in [-0.4, -0.2) is 31.6 Å². The van der Waals surface area contributed by atoms with Crippen molar-refractivity contribution in [2.75, 3.05) is 7.05 Å². The Morgan fingerprint density at radius 2 is 1.85 bits per heavy atom. The molecule has 0 aliphatic heterocycles. The largest absolute Gasteiger partial charge is 0.338 e. The van der Waals surface area contributed by atoms with Crippen LogP contribution in [0.1, 0.15) is 49.9 Å². The molecule has 144 valence electrons. The van der Waals surface area contributed by atoms with Crippen LogP contribution in [0.5, 0.6) is 0 Å². The van der Waals surface area contributed by atoms with Crippen LogP contribution in [0.2, 0.25) is 0 Å². The van der Waals surface area contributed by atoms with Gasteiger partial charge in [-0.05, 0) is 45.9 Å². The van der Waals surface area contributed by atoms with Gasteiger partial charge in [-0.1, -0.05) is 35.7 Å². The molecule has 8 heteroatoms. The number of nitrogens with zero attached hydrogens (tertiary/aromatic N) is 2. The van der Waals surface area contributed by atoms with Crippen molar-refractivity contribution < 1.29 is 12.9 Å². The molecule has 0 spiro atoms. The van der Waals surface area contributed by atoms with Crippen LogP contribution in [0.4, 0.5) is 0 Å². The number of hydrogen-bond donors (Lipinski definition) is 1. The molecule has 0 amide bonds. The Kier molecular flexibility index (Phi) is 6.47. The van der Waals surface area contributed by atoms with Crippen LogP contribution in [0.15, 0.2) is 33.7 Å². The molecule has 1 aromatic carbocycles. The molecule has 1 saturated carbocycles. The van der Waals surface area contributed by atoms with Gasteiger partial charge in [0.05, 0.1) is 4.90 Å². The van der Waals surface area contributed by atoms with Crippen molar-refractivity contribution in [1.29, 1.82) is 0 Å². The quantitative estimate of drug-likeness (QED) is 0.802. The van der Waals surface area contributed by atoms with E-state index in [4.69, 9.17) is 4.52 Å². The van der Waals surface area contributed by atoms with Crippen molar-refractivity contribution >= 4 is 22.2 Å². The van der Waals surface area contributed by atoms with Crippen LogP contribution >= 0.6 is 12.4 Å². The Morgan fingerprint density at radius 1 is 1.23 bits per heavy atom. The van der Waals surface area contributed by atoms with Gasteiger partial charge in [-0.15, -0.1) is 12.4 Å². The molecule has 0 bridgehead atoms. The van der Waals surface area contributed by atoms with Gasteiger partial charge in [-0.25, -0.2) is 8.42 Å². The first-order chi connectivity index (χ1) is 11.9. The third-order valence-corrected chi connectivity index (χ3v) is 7.60. The Hall–Kier alpha value is -1.44. The highest BCUT2D eigenvalue weighted by molar-refractivity contribution is 7.92. The topological polar surface area (TPSA) is 85.1 Å². The maximum Gasteiger partial charge on any atom is 0.248 e. The number of hydrogen-bond acceptors (Lipinski definition) is 6. The van der Waals surface area contributed by atoms with E-state index in [1.165, 1.54) is 0 Å². The number of halogens is 1. The van der Waals surface area contributed by atoms with Gasteiger partial charge in [0.15, 0.2) is 20.4 Å². The summed E-state index contributed by atoms with van der Waals surface area (Å²) in [5.74, 6) is 0.783. The van der Waals surface area contributed by atoms with E-state index < -0.39 is 14.6 Å². The fourth-order valence-corrected chi connectivity index (χ4v) is 5.47. The summed E-state index contributed by atoms with van der Waals surface area (Å²) in [6.45, 7) is 3.96. The molecule has 26 heavy (non-hydrogen) atoms. The van der Waals surface area contributed by atoms with E-state index in [-0.39, 0.29) is 24.3 Å². The first kappa shape index (κ1) is 20.9. The first-order valence-corrected chi connectivity index (χ1v) is 10.2. The SMILES string of the molecule is CNC(C)Cc1noc(C2(S(=O)(=O)c3ccc(C)cc3)CCCC2)n1.Cl. The minimum absolute atomic E-state index is 0. The second-order valence-corrected chi connectivity index (χ2v) is 9.19. The van der Waals surface area contributed by atoms with E-state index in [1.54, 1.807) is 12.1 Å². The second kappa shape index (κ2) is 8.06. The van der Waals surface area contributed by atoms with Crippen LogP contribution < -0.4 is 5.32 Å². The zero-order chi connectivity index (χ0) is 18.1. The minimum Gasteiger partial charge on any atom is -0.338 e. The number of aryl methyl sites for hydroxylation is 1. The molecule has 1 aliphatic carbocycles. The molecule has 1 fully saturated rings. The normalized spacial score (nSPS) is 17.7. The van der Waals surface area contributed by atoms with Gasteiger partial charge < -0.3 is 9.84 Å². The van der Waals surface area contributed by atoms with Crippen LogP contribution in [0.25, 0.3) is 0 Å². The number of aromatic nitrogens is 2. The van der Waals surface area contributed by atoms with Gasteiger partial charge in [0, 0.05) is 12.5 Å². The van der Waals surface area contributed by atoms with Gasteiger partial charge >= 0.3 is 0 Å². The standard InChI is InChI=1S/C18H25N3O3S.ClH/c1-13-6-8-15(9-7-13)25(22,23)18(10-4-5-11-18)17-20-16(21-24-17)12-14(2)19-3;/h6-9,14,19H,4-5,10-12H2,1-3H3;1H. The van der Waals surface area contributed by atoms with Gasteiger partial charge in [0.25, 0.3) is 0 Å². The number of likely N-dealkylation sites (N-methyl/N-ethyl adjacent to an activating group) is 1. The lowest BCUT2D eigenvalue weighted by molar-refractivity contribution is 0.327. The molecule has 6 nitrogen and oxygen atoms in total. The molecule has 1 aromatic heterocycles. The number of benzene rings is 1. The van der Waals surface area contributed by atoms with Crippen molar-refractivity contribution in [3.63, 3.8) is 0 Å². The highest BCUT2D eigenvalue weighted by atomic mass is 35.5. The average Bonchev–Trinajstić information content (AvgIpc) is 3.25. The molecular formula is C18H26ClN3O3S. The molecule has 3 rings (SSSR count). The Labute approximate surface area is 161 Å². The lowest BCUT2D eigenvalue weighted by Gasteiger charge is -2.24. The summed E-state index contributed by atoms with van der Waals surface area (Å²) in [6, 6.07) is 7.18. The molecular weight excluding hydrogens is 374 g/mol. The van der Waals surface area contributed by atoms with Crippen LogP contribution in [-0.2, 0) is 21.0 Å². The zero-order valence-corrected chi connectivity index (χ0v) is 17.0. The molecule has 0 saturated heterocycles. The summed E-state index contributed by atoms with van der Waals surface area (Å²) in [5.41, 5.74) is 1.03. The summed E-state index contributed by atoms with van der Waals surface area (Å²) in [5, 5.41) is 7.15. The molecule has 1 heterocycles.